The molecule has 1 aromatic heterocycles. The van der Waals surface area contributed by atoms with E-state index < -0.39 is 0 Å². The van der Waals surface area contributed by atoms with Crippen LogP contribution >= 0.6 is 11.6 Å². The topological polar surface area (TPSA) is 70.8 Å². The number of nitrogens with zero attached hydrogens (tertiary/aromatic N) is 4. The van der Waals surface area contributed by atoms with Crippen molar-refractivity contribution in [1.29, 1.82) is 0 Å². The summed E-state index contributed by atoms with van der Waals surface area (Å²) in [7, 11) is 0. The first kappa shape index (κ1) is 23.9. The minimum Gasteiger partial charge on any atom is -0.425 e. The monoisotopic (exact) mass is 480 g/mol. The number of aliphatic hydroxyl groups excluding tert-OH is 1. The lowest BCUT2D eigenvalue weighted by atomic mass is 10.1. The third kappa shape index (κ3) is 4.54. The van der Waals surface area contributed by atoms with Crippen LogP contribution in [-0.4, -0.2) is 45.2 Å². The molecule has 0 aliphatic carbocycles. The Balaban J connectivity index is 1.85. The van der Waals surface area contributed by atoms with Gasteiger partial charge in [-0.1, -0.05) is 55.4 Å². The van der Waals surface area contributed by atoms with Gasteiger partial charge in [-0.25, -0.2) is 0 Å². The van der Waals surface area contributed by atoms with Crippen LogP contribution in [0.25, 0.3) is 0 Å². The van der Waals surface area contributed by atoms with Crippen LogP contribution in [0.15, 0.2) is 60.9 Å². The van der Waals surface area contributed by atoms with Gasteiger partial charge in [0, 0.05) is 24.7 Å². The molecule has 0 spiro atoms. The zero-order valence-corrected chi connectivity index (χ0v) is 20.3. The molecule has 34 heavy (non-hydrogen) atoms. The first-order valence-corrected chi connectivity index (χ1v) is 11.9. The third-order valence-electron chi connectivity index (χ3n) is 5.91. The van der Waals surface area contributed by atoms with E-state index in [0.29, 0.717) is 60.2 Å². The number of para-hydroxylation sites is 1. The number of anilines is 1. The highest BCUT2D eigenvalue weighted by atomic mass is 35.5. The number of amides is 1. The molecule has 0 atom stereocenters. The number of hydrogen-bond acceptors (Lipinski definition) is 5. The summed E-state index contributed by atoms with van der Waals surface area (Å²) in [6.45, 7) is 9.51. The Kier molecular flexibility index (Phi) is 7.24. The van der Waals surface area contributed by atoms with Crippen molar-refractivity contribution in [3.05, 3.63) is 82.8 Å². The molecule has 178 valence electrons. The van der Waals surface area contributed by atoms with Gasteiger partial charge in [-0.15, -0.1) is 0 Å². The largest absolute Gasteiger partial charge is 0.425 e. The van der Waals surface area contributed by atoms with E-state index in [1.807, 2.05) is 64.9 Å². The molecule has 2 aromatic carbocycles. The normalized spacial score (nSPS) is 13.4. The second kappa shape index (κ2) is 10.3. The maximum Gasteiger partial charge on any atom is 0.304 e. The molecule has 0 bridgehead atoms. The molecule has 3 aromatic rings. The van der Waals surface area contributed by atoms with Gasteiger partial charge in [0.2, 0.25) is 0 Å². The highest BCUT2D eigenvalue weighted by Crippen LogP contribution is 2.37. The number of aryl methyl sites for hydroxylation is 1. The summed E-state index contributed by atoms with van der Waals surface area (Å²) >= 11 is 6.08. The number of hydrogen-bond donors (Lipinski definition) is 1. The van der Waals surface area contributed by atoms with Crippen LogP contribution in [-0.2, 0) is 13.0 Å². The van der Waals surface area contributed by atoms with Crippen LogP contribution in [0, 0.1) is 0 Å². The second-order valence-corrected chi connectivity index (χ2v) is 8.47. The van der Waals surface area contributed by atoms with Crippen molar-refractivity contribution in [1.82, 2.24) is 14.5 Å². The van der Waals surface area contributed by atoms with E-state index in [1.165, 1.54) is 0 Å². The number of halogens is 1. The highest BCUT2D eigenvalue weighted by Gasteiger charge is 2.38. The fraction of sp³-hybridized carbons (Fsp3) is 0.308. The first-order valence-electron chi connectivity index (χ1n) is 11.5. The lowest BCUT2D eigenvalue weighted by Gasteiger charge is -2.37. The van der Waals surface area contributed by atoms with E-state index in [1.54, 1.807) is 4.90 Å². The van der Waals surface area contributed by atoms with E-state index in [0.717, 1.165) is 17.5 Å². The van der Waals surface area contributed by atoms with E-state index in [-0.39, 0.29) is 12.5 Å². The molecule has 7 nitrogen and oxygen atoms in total. The molecule has 0 unspecified atom stereocenters. The van der Waals surface area contributed by atoms with Crippen LogP contribution in [0.5, 0.6) is 11.8 Å². The quantitative estimate of drug-likeness (QED) is 0.462. The van der Waals surface area contributed by atoms with Gasteiger partial charge in [0.25, 0.3) is 5.91 Å². The number of ether oxygens (including phenoxy) is 1. The molecule has 1 aliphatic rings. The average molecular weight is 481 g/mol. The Morgan fingerprint density at radius 2 is 1.82 bits per heavy atom. The molecule has 1 amide bonds. The van der Waals surface area contributed by atoms with Crippen LogP contribution in [0.1, 0.15) is 41.9 Å². The lowest BCUT2D eigenvalue weighted by molar-refractivity contribution is 0.0773. The molecule has 4 rings (SSSR count). The van der Waals surface area contributed by atoms with Gasteiger partial charge in [-0.05, 0) is 49.1 Å². The molecule has 2 heterocycles. The fourth-order valence-electron chi connectivity index (χ4n) is 4.12. The van der Waals surface area contributed by atoms with Crippen molar-refractivity contribution in [2.24, 2.45) is 0 Å². The van der Waals surface area contributed by atoms with Gasteiger partial charge in [-0.3, -0.25) is 14.3 Å². The van der Waals surface area contributed by atoms with E-state index in [2.05, 4.69) is 13.5 Å². The maximum atomic E-state index is 13.7. The molecule has 1 aliphatic heterocycles. The summed E-state index contributed by atoms with van der Waals surface area (Å²) in [6, 6.07) is 15.6. The Morgan fingerprint density at radius 1 is 1.09 bits per heavy atom. The van der Waals surface area contributed by atoms with E-state index in [9.17, 15) is 9.90 Å². The van der Waals surface area contributed by atoms with Crippen molar-refractivity contribution < 1.29 is 14.6 Å². The lowest BCUT2D eigenvalue weighted by Crippen LogP contribution is -2.45. The number of aliphatic hydroxyl groups is 1. The molecular formula is C26H29ClN4O3. The molecule has 0 saturated carbocycles. The van der Waals surface area contributed by atoms with Crippen LogP contribution < -0.4 is 9.64 Å². The van der Waals surface area contributed by atoms with Crippen molar-refractivity contribution in [3.63, 3.8) is 0 Å². The Hall–Kier alpha value is -3.29. The summed E-state index contributed by atoms with van der Waals surface area (Å²) < 4.78 is 8.15. The molecule has 8 heteroatoms. The van der Waals surface area contributed by atoms with Crippen LogP contribution in [0.2, 0.25) is 5.02 Å². The van der Waals surface area contributed by atoms with Gasteiger partial charge in [0.1, 0.15) is 11.6 Å². The zero-order valence-electron chi connectivity index (χ0n) is 19.5. The Morgan fingerprint density at radius 3 is 2.50 bits per heavy atom. The summed E-state index contributed by atoms with van der Waals surface area (Å²) in [4.78, 5) is 22.0. The SMILES string of the molecule is C=C1N(CCCO)C(=O)c2c(nc(Oc3ccccc3CC)n2Cc2ccc(Cl)cc2)N1CC. The molecule has 0 fully saturated rings. The minimum atomic E-state index is -0.210. The van der Waals surface area contributed by atoms with Gasteiger partial charge < -0.3 is 14.7 Å². The summed E-state index contributed by atoms with van der Waals surface area (Å²) in [5.41, 5.74) is 2.45. The second-order valence-electron chi connectivity index (χ2n) is 8.04. The summed E-state index contributed by atoms with van der Waals surface area (Å²) in [5.74, 6) is 1.56. The number of fused-ring (bicyclic) bond motifs is 1. The third-order valence-corrected chi connectivity index (χ3v) is 6.16. The standard InChI is InChI=1S/C26H29ClN4O3/c1-4-20-9-6-7-10-22(20)34-26-28-24-23(31(26)17-19-11-13-21(27)14-12-19)25(33)30(15-8-16-32)18(3)29(24)5-2/h6-7,9-14,32H,3-5,8,15-17H2,1-2H3. The van der Waals surface area contributed by atoms with Crippen molar-refractivity contribution in [3.8, 4) is 11.8 Å². The van der Waals surface area contributed by atoms with Gasteiger partial charge in [0.05, 0.1) is 6.54 Å². The van der Waals surface area contributed by atoms with Crippen LogP contribution in [0.4, 0.5) is 5.82 Å². The fourth-order valence-corrected chi connectivity index (χ4v) is 4.24. The Labute approximate surface area is 204 Å². The minimum absolute atomic E-state index is 0.0117. The van der Waals surface area contributed by atoms with Gasteiger partial charge in [0.15, 0.2) is 11.5 Å². The van der Waals surface area contributed by atoms with Crippen molar-refractivity contribution in [2.75, 3.05) is 24.6 Å². The summed E-state index contributed by atoms with van der Waals surface area (Å²) in [6.07, 6.45) is 1.26. The average Bonchev–Trinajstić information content (AvgIpc) is 3.18. The Bertz CT molecular complexity index is 1190. The number of benzene rings is 2. The van der Waals surface area contributed by atoms with Crippen LogP contribution in [0.3, 0.4) is 0 Å². The number of carbonyl (C=O) groups is 1. The number of rotatable bonds is 9. The molecule has 0 saturated heterocycles. The molecule has 0 radical (unpaired) electrons. The predicted molar refractivity (Wildman–Crippen MR) is 134 cm³/mol. The van der Waals surface area contributed by atoms with Gasteiger partial charge in [-0.2, -0.15) is 4.98 Å². The van der Waals surface area contributed by atoms with Gasteiger partial charge >= 0.3 is 6.01 Å². The number of aromatic nitrogens is 2. The smallest absolute Gasteiger partial charge is 0.304 e. The van der Waals surface area contributed by atoms with E-state index >= 15 is 0 Å². The number of carbonyl (C=O) groups excluding carboxylic acids is 1. The highest BCUT2D eigenvalue weighted by molar-refractivity contribution is 6.30. The molecule has 1 N–H and O–H groups in total. The predicted octanol–water partition coefficient (Wildman–Crippen LogP) is 5.08. The maximum absolute atomic E-state index is 13.7. The first-order chi connectivity index (χ1) is 16.5. The van der Waals surface area contributed by atoms with Crippen molar-refractivity contribution in [2.45, 2.75) is 33.2 Å². The summed E-state index contributed by atoms with van der Waals surface area (Å²) in [5, 5.41) is 9.99. The number of imidazole rings is 1. The van der Waals surface area contributed by atoms with Crippen molar-refractivity contribution >= 4 is 23.3 Å². The molecular weight excluding hydrogens is 452 g/mol. The zero-order chi connectivity index (χ0) is 24.2. The van der Waals surface area contributed by atoms with E-state index in [4.69, 9.17) is 21.3 Å².